The van der Waals surface area contributed by atoms with Crippen LogP contribution in [0, 0.1) is 13.8 Å². The molecule has 160 valence electrons. The van der Waals surface area contributed by atoms with Gasteiger partial charge in [-0.3, -0.25) is 4.79 Å². The van der Waals surface area contributed by atoms with Crippen molar-refractivity contribution in [3.63, 3.8) is 0 Å². The summed E-state index contributed by atoms with van der Waals surface area (Å²) in [5.74, 6) is 0.0515. The van der Waals surface area contributed by atoms with E-state index in [4.69, 9.17) is 9.47 Å². The predicted octanol–water partition coefficient (Wildman–Crippen LogP) is 1.86. The Balaban J connectivity index is 1.34. The fourth-order valence-corrected chi connectivity index (χ4v) is 6.37. The van der Waals surface area contributed by atoms with Gasteiger partial charge >= 0.3 is 0 Å². The highest BCUT2D eigenvalue weighted by Gasteiger charge is 2.52. The summed E-state index contributed by atoms with van der Waals surface area (Å²) < 4.78 is 39.3. The maximum atomic E-state index is 13.0. The molecule has 4 rings (SSSR count). The van der Waals surface area contributed by atoms with Gasteiger partial charge in [0.05, 0.1) is 16.6 Å². The SMILES string of the molecule is Cc1cc(C)cc(S(=O)(=O)N2CC3(CC(OCC(=O)N4CCCC4)CCO3)C2)c1. The van der Waals surface area contributed by atoms with Crippen molar-refractivity contribution in [2.45, 2.75) is 56.1 Å². The van der Waals surface area contributed by atoms with Crippen LogP contribution in [0.25, 0.3) is 0 Å². The van der Waals surface area contributed by atoms with Crippen LogP contribution in [-0.2, 0) is 24.3 Å². The Labute approximate surface area is 173 Å². The van der Waals surface area contributed by atoms with Crippen LogP contribution in [0.2, 0.25) is 0 Å². The Morgan fingerprint density at radius 1 is 1.17 bits per heavy atom. The molecule has 0 aliphatic carbocycles. The molecule has 8 heteroatoms. The van der Waals surface area contributed by atoms with Gasteiger partial charge in [0, 0.05) is 39.2 Å². The first kappa shape index (κ1) is 20.8. The summed E-state index contributed by atoms with van der Waals surface area (Å²) in [7, 11) is -3.53. The minimum Gasteiger partial charge on any atom is -0.372 e. The van der Waals surface area contributed by atoms with E-state index in [1.807, 2.05) is 24.8 Å². The van der Waals surface area contributed by atoms with Crippen LogP contribution in [-0.4, -0.2) is 74.6 Å². The largest absolute Gasteiger partial charge is 0.372 e. The fraction of sp³-hybridized carbons (Fsp3) is 0.667. The van der Waals surface area contributed by atoms with E-state index < -0.39 is 15.6 Å². The minimum absolute atomic E-state index is 0.0515. The number of hydrogen-bond acceptors (Lipinski definition) is 5. The number of likely N-dealkylation sites (tertiary alicyclic amines) is 1. The fourth-order valence-electron chi connectivity index (χ4n) is 4.59. The normalized spacial score (nSPS) is 24.6. The molecule has 0 N–H and O–H groups in total. The molecule has 1 atom stereocenters. The second-order valence-corrected chi connectivity index (χ2v) is 10.6. The molecule has 3 fully saturated rings. The summed E-state index contributed by atoms with van der Waals surface area (Å²) in [6, 6.07) is 5.39. The van der Waals surface area contributed by atoms with Crippen LogP contribution in [0.3, 0.4) is 0 Å². The maximum Gasteiger partial charge on any atom is 0.248 e. The highest BCUT2D eigenvalue weighted by Crippen LogP contribution is 2.38. The zero-order valence-electron chi connectivity index (χ0n) is 17.2. The Morgan fingerprint density at radius 2 is 1.83 bits per heavy atom. The van der Waals surface area contributed by atoms with E-state index >= 15 is 0 Å². The predicted molar refractivity (Wildman–Crippen MR) is 108 cm³/mol. The monoisotopic (exact) mass is 422 g/mol. The number of rotatable bonds is 5. The Hall–Kier alpha value is -1.48. The number of benzene rings is 1. The molecule has 1 unspecified atom stereocenters. The maximum absolute atomic E-state index is 13.0. The number of amides is 1. The van der Waals surface area contributed by atoms with Crippen molar-refractivity contribution in [1.82, 2.24) is 9.21 Å². The quantitative estimate of drug-likeness (QED) is 0.724. The van der Waals surface area contributed by atoms with Crippen molar-refractivity contribution in [2.75, 3.05) is 39.4 Å². The van der Waals surface area contributed by atoms with Crippen molar-refractivity contribution in [2.24, 2.45) is 0 Å². The lowest BCUT2D eigenvalue weighted by atomic mass is 9.86. The van der Waals surface area contributed by atoms with Gasteiger partial charge in [-0.15, -0.1) is 0 Å². The lowest BCUT2D eigenvalue weighted by Gasteiger charge is -2.52. The van der Waals surface area contributed by atoms with Crippen LogP contribution in [0.15, 0.2) is 23.1 Å². The van der Waals surface area contributed by atoms with Crippen LogP contribution < -0.4 is 0 Å². The number of carbonyl (C=O) groups is 1. The molecule has 0 saturated carbocycles. The number of ether oxygens (including phenoxy) is 2. The van der Waals surface area contributed by atoms with Crippen molar-refractivity contribution in [1.29, 1.82) is 0 Å². The van der Waals surface area contributed by atoms with Crippen molar-refractivity contribution in [3.8, 4) is 0 Å². The van der Waals surface area contributed by atoms with Gasteiger partial charge in [0.2, 0.25) is 15.9 Å². The topological polar surface area (TPSA) is 76.2 Å². The average Bonchev–Trinajstić information content (AvgIpc) is 3.18. The van der Waals surface area contributed by atoms with Crippen molar-refractivity contribution >= 4 is 15.9 Å². The van der Waals surface area contributed by atoms with E-state index in [9.17, 15) is 13.2 Å². The summed E-state index contributed by atoms with van der Waals surface area (Å²) in [6.45, 7) is 6.75. The van der Waals surface area contributed by atoms with Crippen molar-refractivity contribution in [3.05, 3.63) is 29.3 Å². The lowest BCUT2D eigenvalue weighted by Crippen LogP contribution is -2.67. The van der Waals surface area contributed by atoms with E-state index in [0.717, 1.165) is 43.5 Å². The summed E-state index contributed by atoms with van der Waals surface area (Å²) >= 11 is 0. The number of hydrogen-bond donors (Lipinski definition) is 0. The zero-order valence-corrected chi connectivity index (χ0v) is 18.0. The van der Waals surface area contributed by atoms with Crippen LogP contribution in [0.5, 0.6) is 0 Å². The highest BCUT2D eigenvalue weighted by molar-refractivity contribution is 7.89. The van der Waals surface area contributed by atoms with E-state index in [1.54, 1.807) is 12.1 Å². The van der Waals surface area contributed by atoms with Crippen LogP contribution in [0.1, 0.15) is 36.8 Å². The Bertz CT molecular complexity index is 853. The molecule has 0 bridgehead atoms. The third-order valence-electron chi connectivity index (χ3n) is 6.11. The number of aryl methyl sites for hydroxylation is 2. The van der Waals surface area contributed by atoms with Gasteiger partial charge in [0.1, 0.15) is 6.61 Å². The van der Waals surface area contributed by atoms with Crippen molar-refractivity contribution < 1.29 is 22.7 Å². The van der Waals surface area contributed by atoms with E-state index in [0.29, 0.717) is 31.0 Å². The van der Waals surface area contributed by atoms with E-state index in [-0.39, 0.29) is 18.6 Å². The van der Waals surface area contributed by atoms with Crippen LogP contribution >= 0.6 is 0 Å². The third-order valence-corrected chi connectivity index (χ3v) is 7.88. The lowest BCUT2D eigenvalue weighted by molar-refractivity contribution is -0.181. The molecule has 1 spiro atoms. The van der Waals surface area contributed by atoms with Crippen LogP contribution in [0.4, 0.5) is 0 Å². The zero-order chi connectivity index (χ0) is 20.6. The number of carbonyl (C=O) groups excluding carboxylic acids is 1. The van der Waals surface area contributed by atoms with E-state index in [1.165, 1.54) is 4.31 Å². The molecule has 0 radical (unpaired) electrons. The molecular weight excluding hydrogens is 392 g/mol. The second kappa shape index (κ2) is 7.98. The molecule has 3 aliphatic heterocycles. The second-order valence-electron chi connectivity index (χ2n) is 8.64. The molecule has 0 aromatic heterocycles. The van der Waals surface area contributed by atoms with Gasteiger partial charge in [0.25, 0.3) is 0 Å². The molecule has 29 heavy (non-hydrogen) atoms. The highest BCUT2D eigenvalue weighted by atomic mass is 32.2. The van der Waals surface area contributed by atoms with Gasteiger partial charge < -0.3 is 14.4 Å². The molecule has 1 amide bonds. The van der Waals surface area contributed by atoms with Gasteiger partial charge in [-0.1, -0.05) is 6.07 Å². The van der Waals surface area contributed by atoms with Gasteiger partial charge in [-0.2, -0.15) is 4.31 Å². The third kappa shape index (κ3) is 4.35. The first-order valence-electron chi connectivity index (χ1n) is 10.4. The summed E-state index contributed by atoms with van der Waals surface area (Å²) in [5.41, 5.74) is 1.37. The first-order valence-corrected chi connectivity index (χ1v) is 11.8. The van der Waals surface area contributed by atoms with Gasteiger partial charge in [-0.05, 0) is 56.4 Å². The summed E-state index contributed by atoms with van der Waals surface area (Å²) in [4.78, 5) is 14.4. The molecule has 3 aliphatic rings. The standard InChI is InChI=1S/C21H30N2O5S/c1-16-9-17(2)11-19(10-16)29(25,26)23-14-21(15-23)12-18(5-8-28-21)27-13-20(24)22-6-3-4-7-22/h9-11,18H,3-8,12-15H2,1-2H3. The molecule has 3 saturated heterocycles. The Morgan fingerprint density at radius 3 is 2.48 bits per heavy atom. The van der Waals surface area contributed by atoms with E-state index in [2.05, 4.69) is 0 Å². The Kier molecular flexibility index (Phi) is 5.72. The first-order chi connectivity index (χ1) is 13.8. The summed E-state index contributed by atoms with van der Waals surface area (Å²) in [6.07, 6.45) is 3.42. The number of sulfonamides is 1. The molecule has 3 heterocycles. The minimum atomic E-state index is -3.53. The van der Waals surface area contributed by atoms with Gasteiger partial charge in [-0.25, -0.2) is 8.42 Å². The summed E-state index contributed by atoms with van der Waals surface area (Å²) in [5, 5.41) is 0. The molecular formula is C21H30N2O5S. The molecule has 1 aromatic carbocycles. The molecule has 7 nitrogen and oxygen atoms in total. The molecule has 1 aromatic rings. The average molecular weight is 423 g/mol. The smallest absolute Gasteiger partial charge is 0.248 e. The number of nitrogens with zero attached hydrogens (tertiary/aromatic N) is 2. The van der Waals surface area contributed by atoms with Gasteiger partial charge in [0.15, 0.2) is 0 Å².